The van der Waals surface area contributed by atoms with E-state index in [9.17, 15) is 10.1 Å². The lowest BCUT2D eigenvalue weighted by Crippen LogP contribution is -2.35. The minimum Gasteiger partial charge on any atom is -0.375 e. The molecule has 2 aromatic carbocycles. The maximum absolute atomic E-state index is 14.5. The Labute approximate surface area is 336 Å². The zero-order valence-corrected chi connectivity index (χ0v) is 35.2. The van der Waals surface area contributed by atoms with Crippen LogP contribution in [0.1, 0.15) is 166 Å². The molecule has 2 heterocycles. The number of aromatic nitrogens is 4. The number of unbranched alkanes of at least 4 members (excludes halogenated alkanes) is 6. The zero-order chi connectivity index (χ0) is 39.8. The Bertz CT molecular complexity index is 1970. The van der Waals surface area contributed by atoms with Gasteiger partial charge in [0.15, 0.2) is 0 Å². The predicted molar refractivity (Wildman–Crippen MR) is 226 cm³/mol. The van der Waals surface area contributed by atoms with Gasteiger partial charge < -0.3 is 9.47 Å². The molecule has 4 aromatic rings. The van der Waals surface area contributed by atoms with Gasteiger partial charge in [0, 0.05) is 24.6 Å². The van der Waals surface area contributed by atoms with Crippen molar-refractivity contribution in [1.29, 1.82) is 5.26 Å². The number of nitriles is 1. The Morgan fingerprint density at radius 2 is 1.57 bits per heavy atom. The number of hydrogen-bond donors (Lipinski definition) is 0. The first-order valence-corrected chi connectivity index (χ1v) is 21.8. The van der Waals surface area contributed by atoms with E-state index >= 15 is 0 Å². The van der Waals surface area contributed by atoms with Crippen LogP contribution in [-0.4, -0.2) is 44.1 Å². The lowest BCUT2D eigenvalue weighted by Gasteiger charge is -2.39. The molecule has 0 radical (unpaired) electrons. The molecule has 6 rings (SSSR count). The molecule has 2 aliphatic carbocycles. The van der Waals surface area contributed by atoms with Crippen molar-refractivity contribution in [2.24, 2.45) is 10.8 Å². The molecule has 0 bridgehead atoms. The van der Waals surface area contributed by atoms with Crippen molar-refractivity contribution in [1.82, 2.24) is 19.2 Å². The number of aryl methyl sites for hydroxylation is 1. The number of benzene rings is 2. The highest BCUT2D eigenvalue weighted by molar-refractivity contribution is 5.70. The lowest BCUT2D eigenvalue weighted by atomic mass is 9.67. The van der Waals surface area contributed by atoms with Gasteiger partial charge in [0.2, 0.25) is 5.78 Å². The fourth-order valence-corrected chi connectivity index (χ4v) is 8.34. The van der Waals surface area contributed by atoms with Gasteiger partial charge >= 0.3 is 0 Å². The summed E-state index contributed by atoms with van der Waals surface area (Å²) in [4.78, 5) is 19.1. The molecule has 0 atom stereocenters. The number of rotatable bonds is 20. The summed E-state index contributed by atoms with van der Waals surface area (Å²) in [5.41, 5.74) is 6.07. The summed E-state index contributed by atoms with van der Waals surface area (Å²) in [6, 6.07) is 18.3. The molecule has 0 N–H and O–H groups in total. The molecule has 56 heavy (non-hydrogen) atoms. The number of ether oxygens (including phenoxy) is 2. The van der Waals surface area contributed by atoms with Gasteiger partial charge in [-0.2, -0.15) is 15.3 Å². The van der Waals surface area contributed by atoms with Gasteiger partial charge in [-0.15, -0.1) is 0 Å². The van der Waals surface area contributed by atoms with Crippen LogP contribution in [0.3, 0.4) is 0 Å². The van der Waals surface area contributed by atoms with E-state index in [1.165, 1.54) is 44.9 Å². The van der Waals surface area contributed by atoms with E-state index in [1.807, 2.05) is 33.3 Å². The molecule has 0 aliphatic heterocycles. The van der Waals surface area contributed by atoms with Crippen LogP contribution < -0.4 is 5.56 Å². The molecule has 8 heteroatoms. The Kier molecular flexibility index (Phi) is 13.9. The van der Waals surface area contributed by atoms with E-state index in [4.69, 9.17) is 9.47 Å². The summed E-state index contributed by atoms with van der Waals surface area (Å²) in [6.45, 7) is 15.6. The standard InChI is InChI=1S/C48H67N5O3/c1-7-17-43-42(32-36-20-22-37(23-21-36)41-19-14-13-18-38(41)33-49)44(54)52(45-50-35-51-53(43)45)39-24-26-40(27-25-39)55-34-48(29-30-48)56-31-16-12-10-8-9-11-15-28-47(5,6)46(2,3)4/h13-14,18-23,35,39-40H,7-12,15-17,24-32,34H2,1-6H3. The largest absolute Gasteiger partial charge is 0.375 e. The number of fused-ring (bicyclic) bond motifs is 1. The minimum absolute atomic E-state index is 0.0442. The second-order valence-corrected chi connectivity index (χ2v) is 18.5. The van der Waals surface area contributed by atoms with Crippen molar-refractivity contribution in [3.8, 4) is 17.2 Å². The second kappa shape index (κ2) is 18.6. The van der Waals surface area contributed by atoms with Crippen LogP contribution in [-0.2, 0) is 22.3 Å². The van der Waals surface area contributed by atoms with E-state index < -0.39 is 0 Å². The molecule has 8 nitrogen and oxygen atoms in total. The predicted octanol–water partition coefficient (Wildman–Crippen LogP) is 11.2. The quantitative estimate of drug-likeness (QED) is 0.0832. The Balaban J connectivity index is 0.981. The molecule has 302 valence electrons. The van der Waals surface area contributed by atoms with Gasteiger partial charge in [-0.05, 0) is 91.4 Å². The van der Waals surface area contributed by atoms with E-state index in [0.717, 1.165) is 92.3 Å². The van der Waals surface area contributed by atoms with Gasteiger partial charge in [0.25, 0.3) is 5.56 Å². The van der Waals surface area contributed by atoms with Crippen LogP contribution in [0.15, 0.2) is 59.7 Å². The summed E-state index contributed by atoms with van der Waals surface area (Å²) in [6.07, 6.45) is 20.1. The Morgan fingerprint density at radius 1 is 0.893 bits per heavy atom. The molecule has 2 aliphatic rings. The lowest BCUT2D eigenvalue weighted by molar-refractivity contribution is -0.0705. The molecule has 2 aromatic heterocycles. The summed E-state index contributed by atoms with van der Waals surface area (Å²) in [5.74, 6) is 0.639. The van der Waals surface area contributed by atoms with Crippen molar-refractivity contribution in [2.75, 3.05) is 13.2 Å². The highest BCUT2D eigenvalue weighted by atomic mass is 16.6. The summed E-state index contributed by atoms with van der Waals surface area (Å²) in [5, 5.41) is 14.2. The first-order valence-electron chi connectivity index (χ1n) is 21.8. The van der Waals surface area contributed by atoms with Crippen molar-refractivity contribution < 1.29 is 9.47 Å². The van der Waals surface area contributed by atoms with E-state index in [0.29, 0.717) is 35.2 Å². The summed E-state index contributed by atoms with van der Waals surface area (Å²) in [7, 11) is 0. The normalized spacial score (nSPS) is 18.3. The van der Waals surface area contributed by atoms with Gasteiger partial charge in [0.1, 0.15) is 6.33 Å². The second-order valence-electron chi connectivity index (χ2n) is 18.5. The van der Waals surface area contributed by atoms with Crippen molar-refractivity contribution in [2.45, 2.75) is 168 Å². The van der Waals surface area contributed by atoms with E-state index in [1.54, 1.807) is 6.33 Å². The van der Waals surface area contributed by atoms with Gasteiger partial charge in [0.05, 0.1) is 35.6 Å². The van der Waals surface area contributed by atoms with Crippen LogP contribution in [0.25, 0.3) is 16.9 Å². The third-order valence-corrected chi connectivity index (χ3v) is 13.3. The highest BCUT2D eigenvalue weighted by Gasteiger charge is 2.45. The maximum atomic E-state index is 14.5. The van der Waals surface area contributed by atoms with Crippen LogP contribution in [0.2, 0.25) is 0 Å². The van der Waals surface area contributed by atoms with E-state index in [-0.39, 0.29) is 23.3 Å². The van der Waals surface area contributed by atoms with E-state index in [2.05, 4.69) is 82.0 Å². The topological polar surface area (TPSA) is 94.4 Å². The first-order chi connectivity index (χ1) is 26.9. The van der Waals surface area contributed by atoms with Gasteiger partial charge in [-0.1, -0.05) is 129 Å². The van der Waals surface area contributed by atoms with Crippen LogP contribution in [0, 0.1) is 22.2 Å². The van der Waals surface area contributed by atoms with Crippen molar-refractivity contribution >= 4 is 5.78 Å². The number of hydrogen-bond acceptors (Lipinski definition) is 6. The van der Waals surface area contributed by atoms with Crippen LogP contribution in [0.5, 0.6) is 0 Å². The Morgan fingerprint density at radius 3 is 2.23 bits per heavy atom. The molecule has 2 fully saturated rings. The van der Waals surface area contributed by atoms with Crippen molar-refractivity contribution in [3.05, 3.63) is 87.6 Å². The molecule has 0 amide bonds. The third kappa shape index (κ3) is 10.2. The van der Waals surface area contributed by atoms with Gasteiger partial charge in [-0.3, -0.25) is 9.36 Å². The third-order valence-electron chi connectivity index (χ3n) is 13.3. The van der Waals surface area contributed by atoms with Crippen LogP contribution >= 0.6 is 0 Å². The monoisotopic (exact) mass is 762 g/mol. The van der Waals surface area contributed by atoms with Crippen LogP contribution in [0.4, 0.5) is 0 Å². The molecule has 0 unspecified atom stereocenters. The zero-order valence-electron chi connectivity index (χ0n) is 35.2. The smallest absolute Gasteiger partial charge is 0.259 e. The first kappa shape index (κ1) is 41.8. The average molecular weight is 762 g/mol. The fraction of sp³-hybridized carbons (Fsp3) is 0.625. The Hall–Kier alpha value is -3.80. The minimum atomic E-state index is -0.0807. The molecule has 0 spiro atoms. The number of nitrogens with zero attached hydrogens (tertiary/aromatic N) is 5. The fourth-order valence-electron chi connectivity index (χ4n) is 8.34. The molecular formula is C48H67N5O3. The highest BCUT2D eigenvalue weighted by Crippen LogP contribution is 2.43. The SMILES string of the molecule is CCCc1c(Cc2ccc(-c3ccccc3C#N)cc2)c(=O)n(C2CCC(OCC3(OCCCCCCCCCC(C)(C)C(C)(C)C)CC3)CC2)c2ncnn12. The van der Waals surface area contributed by atoms with Gasteiger partial charge in [-0.25, -0.2) is 4.52 Å². The molecule has 2 saturated carbocycles. The maximum Gasteiger partial charge on any atom is 0.259 e. The summed E-state index contributed by atoms with van der Waals surface area (Å²) >= 11 is 0. The summed E-state index contributed by atoms with van der Waals surface area (Å²) < 4.78 is 16.8. The molecular weight excluding hydrogens is 695 g/mol. The van der Waals surface area contributed by atoms with Crippen molar-refractivity contribution in [3.63, 3.8) is 0 Å². The molecule has 0 saturated heterocycles. The average Bonchev–Trinajstić information content (AvgIpc) is 3.80.